The lowest BCUT2D eigenvalue weighted by molar-refractivity contribution is 1.04. The monoisotopic (exact) mass is 236 g/mol. The van der Waals surface area contributed by atoms with Crippen LogP contribution < -0.4 is 0 Å². The molecule has 1 aromatic rings. The van der Waals surface area contributed by atoms with Gasteiger partial charge in [-0.2, -0.15) is 0 Å². The van der Waals surface area contributed by atoms with Gasteiger partial charge in [-0.25, -0.2) is 0 Å². The molecule has 78 valence electrons. The second-order valence-electron chi connectivity index (χ2n) is 3.69. The van der Waals surface area contributed by atoms with Crippen molar-refractivity contribution in [3.05, 3.63) is 45.7 Å². The molecule has 0 nitrogen and oxygen atoms in total. The summed E-state index contributed by atoms with van der Waals surface area (Å²) in [4.78, 5) is 2.48. The highest BCUT2D eigenvalue weighted by Gasteiger charge is 2.11. The van der Waals surface area contributed by atoms with E-state index >= 15 is 0 Å². The van der Waals surface area contributed by atoms with Crippen LogP contribution in [-0.4, -0.2) is 0 Å². The predicted molar refractivity (Wildman–Crippen MR) is 70.2 cm³/mol. The summed E-state index contributed by atoms with van der Waals surface area (Å²) in [5.41, 5.74) is 2.29. The molecule has 0 bridgehead atoms. The fraction of sp³-hybridized carbons (Fsp3) is 0.231. The second kappa shape index (κ2) is 4.38. The molecule has 0 amide bonds. The van der Waals surface area contributed by atoms with Gasteiger partial charge in [0.25, 0.3) is 0 Å². The highest BCUT2D eigenvalue weighted by molar-refractivity contribution is 7.14. The van der Waals surface area contributed by atoms with Gasteiger partial charge in [-0.05, 0) is 37.5 Å². The number of rotatable bonds is 2. The van der Waals surface area contributed by atoms with Gasteiger partial charge >= 0.3 is 0 Å². The first-order valence-corrected chi connectivity index (χ1v) is 6.20. The van der Waals surface area contributed by atoms with Crippen LogP contribution in [0.25, 0.3) is 11.1 Å². The minimum Gasteiger partial charge on any atom is -0.136 e. The first kappa shape index (κ1) is 10.7. The smallest absolute Gasteiger partial charge is 0.0449 e. The first-order chi connectivity index (χ1) is 7.18. The van der Waals surface area contributed by atoms with Crippen LogP contribution in [0.15, 0.2) is 35.9 Å². The van der Waals surface area contributed by atoms with E-state index in [1.807, 2.05) is 6.92 Å². The Morgan fingerprint density at radius 2 is 2.07 bits per heavy atom. The zero-order valence-corrected chi connectivity index (χ0v) is 10.3. The van der Waals surface area contributed by atoms with Crippen LogP contribution in [0.2, 0.25) is 0 Å². The Morgan fingerprint density at radius 1 is 1.33 bits per heavy atom. The van der Waals surface area contributed by atoms with Gasteiger partial charge in [0.05, 0.1) is 0 Å². The molecule has 0 spiro atoms. The molecule has 0 saturated carbocycles. The summed E-state index contributed by atoms with van der Waals surface area (Å²) < 4.78 is 0. The van der Waals surface area contributed by atoms with Crippen molar-refractivity contribution in [2.24, 2.45) is 0 Å². The molecule has 0 radical (unpaired) electrons. The van der Waals surface area contributed by atoms with Crippen LogP contribution in [0.1, 0.15) is 29.5 Å². The molecule has 1 aromatic heterocycles. The number of hydrogen-bond acceptors (Lipinski definition) is 1. The van der Waals surface area contributed by atoms with Crippen molar-refractivity contribution >= 4 is 34.1 Å². The van der Waals surface area contributed by atoms with Crippen molar-refractivity contribution in [1.82, 2.24) is 0 Å². The zero-order chi connectivity index (χ0) is 10.8. The van der Waals surface area contributed by atoms with Crippen LogP contribution in [0.3, 0.4) is 0 Å². The maximum absolute atomic E-state index is 6.18. The third kappa shape index (κ3) is 2.24. The molecule has 0 saturated heterocycles. The minimum absolute atomic E-state index is 0.886. The molecule has 15 heavy (non-hydrogen) atoms. The molecule has 2 heteroatoms. The predicted octanol–water partition coefficient (Wildman–Crippen LogP) is 5.08. The van der Waals surface area contributed by atoms with Gasteiger partial charge in [-0.1, -0.05) is 30.3 Å². The molecule has 0 fully saturated rings. The fourth-order valence-corrected chi connectivity index (χ4v) is 2.91. The summed E-state index contributed by atoms with van der Waals surface area (Å²) >= 11 is 7.94. The number of hydrogen-bond donors (Lipinski definition) is 0. The van der Waals surface area contributed by atoms with Crippen molar-refractivity contribution in [1.29, 1.82) is 0 Å². The topological polar surface area (TPSA) is 0 Å². The van der Waals surface area contributed by atoms with E-state index < -0.39 is 0 Å². The molecular formula is C13H13ClS. The Hall–Kier alpha value is -0.790. The van der Waals surface area contributed by atoms with Crippen molar-refractivity contribution in [3.8, 4) is 0 Å². The summed E-state index contributed by atoms with van der Waals surface area (Å²) in [6.45, 7) is 5.98. The van der Waals surface area contributed by atoms with E-state index in [1.54, 1.807) is 11.3 Å². The molecular weight excluding hydrogens is 224 g/mol. The summed E-state index contributed by atoms with van der Waals surface area (Å²) in [5, 5.41) is 0.886. The van der Waals surface area contributed by atoms with Crippen molar-refractivity contribution in [2.75, 3.05) is 0 Å². The van der Waals surface area contributed by atoms with E-state index in [2.05, 4.69) is 30.9 Å². The van der Waals surface area contributed by atoms with E-state index in [0.717, 1.165) is 23.4 Å². The Balaban J connectivity index is 2.34. The lowest BCUT2D eigenvalue weighted by Crippen LogP contribution is -1.86. The number of thiophene rings is 1. The van der Waals surface area contributed by atoms with E-state index in [-0.39, 0.29) is 0 Å². The third-order valence-electron chi connectivity index (χ3n) is 2.39. The van der Waals surface area contributed by atoms with Gasteiger partial charge in [0, 0.05) is 20.4 Å². The van der Waals surface area contributed by atoms with Crippen molar-refractivity contribution in [3.63, 3.8) is 0 Å². The Morgan fingerprint density at radius 3 is 2.67 bits per heavy atom. The fourth-order valence-electron chi connectivity index (χ4n) is 1.58. The average Bonchev–Trinajstić information content (AvgIpc) is 2.67. The number of allylic oxidation sites excluding steroid dienone is 5. The van der Waals surface area contributed by atoms with E-state index in [4.69, 9.17) is 11.6 Å². The van der Waals surface area contributed by atoms with Gasteiger partial charge in [-0.15, -0.1) is 11.3 Å². The van der Waals surface area contributed by atoms with Gasteiger partial charge in [0.1, 0.15) is 0 Å². The first-order valence-electron chi connectivity index (χ1n) is 5.01. The van der Waals surface area contributed by atoms with E-state index in [0.29, 0.717) is 0 Å². The quantitative estimate of drug-likeness (QED) is 0.672. The van der Waals surface area contributed by atoms with Crippen LogP contribution in [0.4, 0.5) is 0 Å². The third-order valence-corrected chi connectivity index (χ3v) is 4.03. The zero-order valence-electron chi connectivity index (χ0n) is 8.72. The van der Waals surface area contributed by atoms with Gasteiger partial charge in [-0.3, -0.25) is 0 Å². The van der Waals surface area contributed by atoms with Crippen LogP contribution in [0, 0.1) is 0 Å². The highest BCUT2D eigenvalue weighted by atomic mass is 35.5. The summed E-state index contributed by atoms with van der Waals surface area (Å²) in [7, 11) is 0. The van der Waals surface area contributed by atoms with Crippen LogP contribution in [0.5, 0.6) is 0 Å². The van der Waals surface area contributed by atoms with E-state index in [1.165, 1.54) is 15.3 Å². The van der Waals surface area contributed by atoms with Crippen molar-refractivity contribution < 1.29 is 0 Å². The van der Waals surface area contributed by atoms with E-state index in [9.17, 15) is 0 Å². The number of halogens is 1. The normalized spacial score (nSPS) is 15.9. The molecule has 2 rings (SSSR count). The summed E-state index contributed by atoms with van der Waals surface area (Å²) in [5.74, 6) is 0. The second-order valence-corrected chi connectivity index (χ2v) is 5.18. The molecule has 0 N–H and O–H groups in total. The van der Waals surface area contributed by atoms with Gasteiger partial charge < -0.3 is 0 Å². The largest absolute Gasteiger partial charge is 0.136 e. The Bertz CT molecular complexity index is 449. The lowest BCUT2D eigenvalue weighted by Gasteiger charge is -2.08. The Kier molecular flexibility index (Phi) is 3.13. The minimum atomic E-state index is 0.886. The molecule has 0 aromatic carbocycles. The summed E-state index contributed by atoms with van der Waals surface area (Å²) in [6.07, 6.45) is 6.46. The molecule has 0 aliphatic heterocycles. The standard InChI is InChI=1S/C13H13ClS/c1-9(2)12-7-8-13(15-12)10-5-3-4-6-11(10)14/h5-8H,1,3-4H2,2H3. The molecule has 1 aliphatic rings. The average molecular weight is 237 g/mol. The van der Waals surface area contributed by atoms with Crippen LogP contribution >= 0.6 is 22.9 Å². The van der Waals surface area contributed by atoms with Crippen LogP contribution in [-0.2, 0) is 0 Å². The SMILES string of the molecule is C=C(C)c1ccc(C2=CCCC=C2Cl)s1. The molecule has 0 unspecified atom stereocenters. The summed E-state index contributed by atoms with van der Waals surface area (Å²) in [6, 6.07) is 4.24. The maximum Gasteiger partial charge on any atom is 0.0449 e. The molecule has 1 aliphatic carbocycles. The highest BCUT2D eigenvalue weighted by Crippen LogP contribution is 2.36. The maximum atomic E-state index is 6.18. The molecule has 0 atom stereocenters. The van der Waals surface area contributed by atoms with Gasteiger partial charge in [0.15, 0.2) is 0 Å². The lowest BCUT2D eigenvalue weighted by atomic mass is 10.1. The van der Waals surface area contributed by atoms with Crippen molar-refractivity contribution in [2.45, 2.75) is 19.8 Å². The van der Waals surface area contributed by atoms with Gasteiger partial charge in [0.2, 0.25) is 0 Å². The Labute approximate surface area is 99.6 Å². The molecule has 1 heterocycles.